The summed E-state index contributed by atoms with van der Waals surface area (Å²) in [6, 6.07) is 22.6. The van der Waals surface area contributed by atoms with Crippen molar-refractivity contribution < 1.29 is 9.90 Å². The minimum Gasteiger partial charge on any atom is -0.493 e. The van der Waals surface area contributed by atoms with E-state index in [2.05, 4.69) is 15.2 Å². The van der Waals surface area contributed by atoms with Gasteiger partial charge in [0.25, 0.3) is 5.91 Å². The molecule has 2 heterocycles. The van der Waals surface area contributed by atoms with E-state index in [1.54, 1.807) is 10.6 Å². The van der Waals surface area contributed by atoms with Crippen molar-refractivity contribution >= 4 is 28.2 Å². The zero-order chi connectivity index (χ0) is 20.0. The van der Waals surface area contributed by atoms with Gasteiger partial charge in [-0.1, -0.05) is 48.0 Å². The molecule has 0 unspecified atom stereocenters. The second kappa shape index (κ2) is 6.53. The lowest BCUT2D eigenvalue weighted by atomic mass is 10.2. The third kappa shape index (κ3) is 2.73. The van der Waals surface area contributed by atoms with Gasteiger partial charge in [-0.25, -0.2) is 4.99 Å². The predicted molar refractivity (Wildman–Crippen MR) is 110 cm³/mol. The third-order valence-corrected chi connectivity index (χ3v) is 4.92. The highest BCUT2D eigenvalue weighted by molar-refractivity contribution is 6.14. The van der Waals surface area contributed by atoms with Crippen molar-refractivity contribution in [2.24, 2.45) is 15.2 Å². The van der Waals surface area contributed by atoms with Crippen molar-refractivity contribution in [3.05, 3.63) is 88.9 Å². The number of benzene rings is 3. The molecule has 0 bridgehead atoms. The van der Waals surface area contributed by atoms with Crippen LogP contribution in [0, 0.1) is 6.92 Å². The fraction of sp³-hybridized carbons (Fsp3) is 0.0435. The van der Waals surface area contributed by atoms with Crippen molar-refractivity contribution in [3.8, 4) is 11.6 Å². The van der Waals surface area contributed by atoms with E-state index in [9.17, 15) is 9.90 Å². The molecule has 0 saturated carbocycles. The number of hydrogen-bond donors (Lipinski definition) is 1. The Bertz CT molecular complexity index is 1430. The molecule has 1 N–H and O–H groups in total. The van der Waals surface area contributed by atoms with Gasteiger partial charge in [-0.05, 0) is 37.3 Å². The standard InChI is InChI=1S/C23H16N4O2/c1-14-11-12-18-17(13-14)20(22(28)24-18)25-26-21-16-9-5-6-10-19(16)27(23(21)29)15-7-3-2-4-8-15/h2-13,29H,1H3. The lowest BCUT2D eigenvalue weighted by molar-refractivity contribution is -0.112. The minimum absolute atomic E-state index is 0.0337. The number of azo groups is 1. The number of para-hydroxylation sites is 2. The molecule has 5 rings (SSSR count). The first kappa shape index (κ1) is 17.1. The number of aromatic nitrogens is 1. The summed E-state index contributed by atoms with van der Waals surface area (Å²) in [6.45, 7) is 1.94. The quantitative estimate of drug-likeness (QED) is 0.550. The number of aryl methyl sites for hydroxylation is 1. The first-order valence-electron chi connectivity index (χ1n) is 9.17. The number of carbonyl (C=O) groups is 1. The summed E-state index contributed by atoms with van der Waals surface area (Å²) in [5, 5.41) is 21.4. The van der Waals surface area contributed by atoms with Crippen LogP contribution >= 0.6 is 0 Å². The van der Waals surface area contributed by atoms with E-state index < -0.39 is 5.91 Å². The molecule has 3 aromatic carbocycles. The second-order valence-electron chi connectivity index (χ2n) is 6.85. The largest absolute Gasteiger partial charge is 0.493 e. The van der Waals surface area contributed by atoms with Crippen LogP contribution in [0.3, 0.4) is 0 Å². The lowest BCUT2D eigenvalue weighted by Crippen LogP contribution is -2.22. The minimum atomic E-state index is -0.430. The molecule has 1 aliphatic rings. The smallest absolute Gasteiger partial charge is 0.298 e. The summed E-state index contributed by atoms with van der Waals surface area (Å²) in [5.41, 5.74) is 3.10. The maximum Gasteiger partial charge on any atom is 0.298 e. The van der Waals surface area contributed by atoms with Gasteiger partial charge >= 0.3 is 0 Å². The Hall–Kier alpha value is -4.06. The zero-order valence-corrected chi connectivity index (χ0v) is 15.6. The topological polar surface area (TPSA) is 79.3 Å². The number of rotatable bonds is 3. The zero-order valence-electron chi connectivity index (χ0n) is 15.6. The Labute approximate surface area is 165 Å². The number of nitrogens with zero attached hydrogens (tertiary/aromatic N) is 4. The molecule has 1 amide bonds. The van der Waals surface area contributed by atoms with Crippen molar-refractivity contribution in [3.63, 3.8) is 0 Å². The highest BCUT2D eigenvalue weighted by atomic mass is 16.3. The molecule has 0 fully saturated rings. The molecule has 6 heteroatoms. The van der Waals surface area contributed by atoms with E-state index in [1.165, 1.54) is 0 Å². The van der Waals surface area contributed by atoms with Gasteiger partial charge in [0.15, 0.2) is 11.4 Å². The Balaban J connectivity index is 1.72. The molecule has 0 atom stereocenters. The van der Waals surface area contributed by atoms with E-state index >= 15 is 0 Å². The van der Waals surface area contributed by atoms with Crippen LogP contribution in [-0.2, 0) is 4.79 Å². The van der Waals surface area contributed by atoms with Crippen molar-refractivity contribution in [2.75, 3.05) is 0 Å². The number of carbonyl (C=O) groups excluding carboxylic acids is 1. The molecule has 29 heavy (non-hydrogen) atoms. The Morgan fingerprint density at radius 3 is 2.52 bits per heavy atom. The molecule has 0 saturated heterocycles. The van der Waals surface area contributed by atoms with E-state index in [0.717, 1.165) is 22.2 Å². The van der Waals surface area contributed by atoms with Crippen LogP contribution in [0.4, 0.5) is 5.69 Å². The van der Waals surface area contributed by atoms with E-state index in [-0.39, 0.29) is 11.6 Å². The number of aromatic hydroxyl groups is 1. The molecule has 0 aliphatic carbocycles. The van der Waals surface area contributed by atoms with E-state index in [1.807, 2.05) is 73.7 Å². The normalized spacial score (nSPS) is 13.3. The van der Waals surface area contributed by atoms with Gasteiger partial charge in [-0.2, -0.15) is 0 Å². The van der Waals surface area contributed by atoms with Crippen LogP contribution in [0.25, 0.3) is 22.3 Å². The van der Waals surface area contributed by atoms with Crippen LogP contribution in [-0.4, -0.2) is 15.6 Å². The average molecular weight is 380 g/mol. The highest BCUT2D eigenvalue weighted by Gasteiger charge is 2.20. The summed E-state index contributed by atoms with van der Waals surface area (Å²) in [5.74, 6) is -0.464. The highest BCUT2D eigenvalue weighted by Crippen LogP contribution is 2.41. The molecule has 1 aliphatic heterocycles. The SMILES string of the molecule is Cc1ccc2c(c1)=C(N=Nc1c(O)n(-c3ccccc3)c3ccccc13)C(=O)N=2. The maximum absolute atomic E-state index is 12.3. The molecule has 140 valence electrons. The maximum atomic E-state index is 12.3. The lowest BCUT2D eigenvalue weighted by Gasteiger charge is -2.06. The van der Waals surface area contributed by atoms with Gasteiger partial charge in [0.1, 0.15) is 0 Å². The third-order valence-electron chi connectivity index (χ3n) is 4.92. The summed E-state index contributed by atoms with van der Waals surface area (Å²) >= 11 is 0. The average Bonchev–Trinajstić information content (AvgIpc) is 3.19. The molecule has 1 aromatic heterocycles. The van der Waals surface area contributed by atoms with Gasteiger partial charge in [0, 0.05) is 16.3 Å². The summed E-state index contributed by atoms with van der Waals surface area (Å²) < 4.78 is 1.72. The molecular weight excluding hydrogens is 364 g/mol. The summed E-state index contributed by atoms with van der Waals surface area (Å²) in [6.07, 6.45) is 0. The van der Waals surface area contributed by atoms with Crippen molar-refractivity contribution in [1.29, 1.82) is 0 Å². The summed E-state index contributed by atoms with van der Waals surface area (Å²) in [7, 11) is 0. The van der Waals surface area contributed by atoms with Crippen LogP contribution in [0.15, 0.2) is 88.0 Å². The number of hydrogen-bond acceptors (Lipinski definition) is 4. The first-order valence-corrected chi connectivity index (χ1v) is 9.17. The van der Waals surface area contributed by atoms with Gasteiger partial charge in [-0.15, -0.1) is 10.2 Å². The molecular formula is C23H16N4O2. The van der Waals surface area contributed by atoms with Gasteiger partial charge < -0.3 is 5.11 Å². The monoisotopic (exact) mass is 380 g/mol. The number of amides is 1. The second-order valence-corrected chi connectivity index (χ2v) is 6.85. The Morgan fingerprint density at radius 2 is 1.69 bits per heavy atom. The van der Waals surface area contributed by atoms with Crippen LogP contribution in [0.2, 0.25) is 0 Å². The van der Waals surface area contributed by atoms with Crippen molar-refractivity contribution in [2.45, 2.75) is 6.92 Å². The van der Waals surface area contributed by atoms with Gasteiger partial charge in [0.2, 0.25) is 5.88 Å². The van der Waals surface area contributed by atoms with Crippen LogP contribution in [0.5, 0.6) is 5.88 Å². The van der Waals surface area contributed by atoms with E-state index in [0.29, 0.717) is 16.3 Å². The van der Waals surface area contributed by atoms with Crippen LogP contribution < -0.4 is 10.6 Å². The predicted octanol–water partition coefficient (Wildman–Crippen LogP) is 3.70. The summed E-state index contributed by atoms with van der Waals surface area (Å²) in [4.78, 5) is 16.3. The molecule has 0 spiro atoms. The molecule has 6 nitrogen and oxygen atoms in total. The first-order chi connectivity index (χ1) is 14.1. The molecule has 0 radical (unpaired) electrons. The Kier molecular flexibility index (Phi) is 3.84. The molecule has 4 aromatic rings. The Morgan fingerprint density at radius 1 is 0.931 bits per heavy atom. The van der Waals surface area contributed by atoms with Crippen molar-refractivity contribution in [1.82, 2.24) is 4.57 Å². The number of fused-ring (bicyclic) bond motifs is 2. The fourth-order valence-corrected chi connectivity index (χ4v) is 3.56. The van der Waals surface area contributed by atoms with Gasteiger partial charge in [0.05, 0.1) is 10.9 Å². The van der Waals surface area contributed by atoms with Gasteiger partial charge in [-0.3, -0.25) is 9.36 Å². The fourth-order valence-electron chi connectivity index (χ4n) is 3.56. The van der Waals surface area contributed by atoms with E-state index in [4.69, 9.17) is 0 Å². The van der Waals surface area contributed by atoms with Crippen LogP contribution in [0.1, 0.15) is 5.56 Å².